The Kier molecular flexibility index (Phi) is 7.19. The van der Waals surface area contributed by atoms with Gasteiger partial charge < -0.3 is 10.2 Å². The van der Waals surface area contributed by atoms with E-state index in [2.05, 4.69) is 26.1 Å². The van der Waals surface area contributed by atoms with Crippen LogP contribution in [0.25, 0.3) is 5.69 Å². The zero-order valence-electron chi connectivity index (χ0n) is 19.6. The van der Waals surface area contributed by atoms with Crippen LogP contribution in [0.1, 0.15) is 70.6 Å². The highest BCUT2D eigenvalue weighted by Crippen LogP contribution is 2.29. The molecule has 0 aliphatic heterocycles. The minimum absolute atomic E-state index is 0.0323. The van der Waals surface area contributed by atoms with Crippen LogP contribution in [0.5, 0.6) is 0 Å². The van der Waals surface area contributed by atoms with Gasteiger partial charge in [-0.15, -0.1) is 0 Å². The molecule has 1 aliphatic carbocycles. The maximum Gasteiger partial charge on any atom is 0.245 e. The highest BCUT2D eigenvalue weighted by atomic mass is 16.2. The van der Waals surface area contributed by atoms with Gasteiger partial charge in [-0.25, -0.2) is 4.68 Å². The first-order valence-corrected chi connectivity index (χ1v) is 11.4. The molecule has 1 fully saturated rings. The Labute approximate surface area is 186 Å². The Morgan fingerprint density at radius 3 is 2.52 bits per heavy atom. The fourth-order valence-corrected chi connectivity index (χ4v) is 4.12. The molecule has 6 nitrogen and oxygen atoms in total. The SMILES string of the molecule is Cc1ccccc1-n1nc(C(C)(C)C)cc1NC(=O)CN(C)C(=O)CCC1CCCC1. The van der Waals surface area contributed by atoms with Crippen molar-refractivity contribution in [1.82, 2.24) is 14.7 Å². The number of likely N-dealkylation sites (N-methyl/N-ethyl adjacent to an activating group) is 1. The van der Waals surface area contributed by atoms with Crippen molar-refractivity contribution in [2.45, 2.75) is 71.6 Å². The topological polar surface area (TPSA) is 67.2 Å². The highest BCUT2D eigenvalue weighted by molar-refractivity contribution is 5.94. The molecule has 0 bridgehead atoms. The Morgan fingerprint density at radius 1 is 1.19 bits per heavy atom. The first-order chi connectivity index (χ1) is 14.6. The second-order valence-electron chi connectivity index (χ2n) is 9.85. The molecule has 31 heavy (non-hydrogen) atoms. The number of aromatic nitrogens is 2. The molecular formula is C25H36N4O2. The molecule has 0 saturated heterocycles. The van der Waals surface area contributed by atoms with Gasteiger partial charge in [0.2, 0.25) is 11.8 Å². The van der Waals surface area contributed by atoms with E-state index in [-0.39, 0.29) is 23.8 Å². The van der Waals surface area contributed by atoms with E-state index in [0.717, 1.165) is 23.4 Å². The summed E-state index contributed by atoms with van der Waals surface area (Å²) in [5.41, 5.74) is 2.74. The number of aryl methyl sites for hydroxylation is 1. The van der Waals surface area contributed by atoms with E-state index in [9.17, 15) is 9.59 Å². The maximum absolute atomic E-state index is 12.8. The van der Waals surface area contributed by atoms with E-state index >= 15 is 0 Å². The van der Waals surface area contributed by atoms with Crippen LogP contribution >= 0.6 is 0 Å². The van der Waals surface area contributed by atoms with Gasteiger partial charge in [0.05, 0.1) is 17.9 Å². The van der Waals surface area contributed by atoms with E-state index in [0.29, 0.717) is 18.2 Å². The Bertz CT molecular complexity index is 920. The van der Waals surface area contributed by atoms with E-state index in [1.165, 1.54) is 30.6 Å². The molecule has 1 saturated carbocycles. The molecule has 1 aromatic carbocycles. The number of carbonyl (C=O) groups excluding carboxylic acids is 2. The van der Waals surface area contributed by atoms with Crippen molar-refractivity contribution >= 4 is 17.6 Å². The van der Waals surface area contributed by atoms with Crippen LogP contribution in [-0.4, -0.2) is 40.1 Å². The quantitative estimate of drug-likeness (QED) is 0.691. The largest absolute Gasteiger partial charge is 0.336 e. The summed E-state index contributed by atoms with van der Waals surface area (Å²) in [6, 6.07) is 9.88. The molecule has 0 unspecified atom stereocenters. The molecule has 0 spiro atoms. The Balaban J connectivity index is 1.69. The fourth-order valence-electron chi connectivity index (χ4n) is 4.12. The van der Waals surface area contributed by atoms with Crippen molar-refractivity contribution in [3.8, 4) is 5.69 Å². The van der Waals surface area contributed by atoms with Crippen molar-refractivity contribution in [1.29, 1.82) is 0 Å². The monoisotopic (exact) mass is 424 g/mol. The minimum Gasteiger partial charge on any atom is -0.336 e. The van der Waals surface area contributed by atoms with Crippen LogP contribution in [0, 0.1) is 12.8 Å². The predicted molar refractivity (Wildman–Crippen MR) is 124 cm³/mol. The van der Waals surface area contributed by atoms with Crippen molar-refractivity contribution in [3.05, 3.63) is 41.6 Å². The van der Waals surface area contributed by atoms with Gasteiger partial charge in [0, 0.05) is 24.9 Å². The third kappa shape index (κ3) is 5.96. The molecule has 0 radical (unpaired) electrons. The summed E-state index contributed by atoms with van der Waals surface area (Å²) < 4.78 is 1.79. The van der Waals surface area contributed by atoms with Crippen LogP contribution < -0.4 is 5.32 Å². The second kappa shape index (κ2) is 9.67. The Hall–Kier alpha value is -2.63. The van der Waals surface area contributed by atoms with Gasteiger partial charge in [-0.05, 0) is 30.9 Å². The zero-order chi connectivity index (χ0) is 22.6. The molecule has 1 heterocycles. The van der Waals surface area contributed by atoms with Gasteiger partial charge in [0.1, 0.15) is 5.82 Å². The number of amides is 2. The zero-order valence-corrected chi connectivity index (χ0v) is 19.6. The molecule has 1 aliphatic rings. The Morgan fingerprint density at radius 2 is 1.87 bits per heavy atom. The molecule has 1 N–H and O–H groups in total. The van der Waals surface area contributed by atoms with Crippen LogP contribution in [0.2, 0.25) is 0 Å². The number of anilines is 1. The average molecular weight is 425 g/mol. The van der Waals surface area contributed by atoms with Gasteiger partial charge in [-0.3, -0.25) is 9.59 Å². The number of benzene rings is 1. The third-order valence-electron chi connectivity index (χ3n) is 6.14. The molecule has 0 atom stereocenters. The van der Waals surface area contributed by atoms with Crippen LogP contribution in [0.3, 0.4) is 0 Å². The lowest BCUT2D eigenvalue weighted by Crippen LogP contribution is -2.35. The average Bonchev–Trinajstić information content (AvgIpc) is 3.36. The molecule has 2 aromatic rings. The summed E-state index contributed by atoms with van der Waals surface area (Å²) in [5.74, 6) is 1.11. The normalized spacial score (nSPS) is 14.6. The molecule has 3 rings (SSSR count). The summed E-state index contributed by atoms with van der Waals surface area (Å²) in [4.78, 5) is 26.8. The fraction of sp³-hybridized carbons (Fsp3) is 0.560. The third-order valence-corrected chi connectivity index (χ3v) is 6.14. The number of rotatable bonds is 7. The lowest BCUT2D eigenvalue weighted by molar-refractivity contribution is -0.133. The smallest absolute Gasteiger partial charge is 0.245 e. The van der Waals surface area contributed by atoms with Crippen LogP contribution in [-0.2, 0) is 15.0 Å². The number of hydrogen-bond acceptors (Lipinski definition) is 3. The highest BCUT2D eigenvalue weighted by Gasteiger charge is 2.23. The van der Waals surface area contributed by atoms with E-state index < -0.39 is 0 Å². The van der Waals surface area contributed by atoms with Gasteiger partial charge in [0.25, 0.3) is 0 Å². The van der Waals surface area contributed by atoms with Crippen LogP contribution in [0.4, 0.5) is 5.82 Å². The lowest BCUT2D eigenvalue weighted by atomic mass is 9.92. The molecule has 6 heteroatoms. The number of carbonyl (C=O) groups is 2. The first-order valence-electron chi connectivity index (χ1n) is 11.4. The second-order valence-corrected chi connectivity index (χ2v) is 9.85. The van der Waals surface area contributed by atoms with Gasteiger partial charge in [0.15, 0.2) is 0 Å². The van der Waals surface area contributed by atoms with Crippen molar-refractivity contribution in [2.24, 2.45) is 5.92 Å². The van der Waals surface area contributed by atoms with Crippen molar-refractivity contribution in [2.75, 3.05) is 18.9 Å². The van der Waals surface area contributed by atoms with Gasteiger partial charge >= 0.3 is 0 Å². The first kappa shape index (κ1) is 23.0. The summed E-state index contributed by atoms with van der Waals surface area (Å²) >= 11 is 0. The molecule has 2 amide bonds. The van der Waals surface area contributed by atoms with E-state index in [1.807, 2.05) is 37.3 Å². The summed E-state index contributed by atoms with van der Waals surface area (Å²) in [6.45, 7) is 8.35. The number of hydrogen-bond donors (Lipinski definition) is 1. The number of nitrogens with zero attached hydrogens (tertiary/aromatic N) is 3. The maximum atomic E-state index is 12.8. The minimum atomic E-state index is -0.216. The number of nitrogens with one attached hydrogen (secondary N) is 1. The van der Waals surface area contributed by atoms with Crippen molar-refractivity contribution < 1.29 is 9.59 Å². The van der Waals surface area contributed by atoms with E-state index in [1.54, 1.807) is 11.7 Å². The van der Waals surface area contributed by atoms with Gasteiger partial charge in [-0.1, -0.05) is 64.7 Å². The van der Waals surface area contributed by atoms with Crippen LogP contribution in [0.15, 0.2) is 30.3 Å². The lowest BCUT2D eigenvalue weighted by Gasteiger charge is -2.18. The summed E-state index contributed by atoms with van der Waals surface area (Å²) in [7, 11) is 1.70. The molecule has 1 aromatic heterocycles. The predicted octanol–water partition coefficient (Wildman–Crippen LogP) is 4.85. The number of para-hydroxylation sites is 1. The molecular weight excluding hydrogens is 388 g/mol. The summed E-state index contributed by atoms with van der Waals surface area (Å²) in [5, 5.41) is 7.75. The summed E-state index contributed by atoms with van der Waals surface area (Å²) in [6.07, 6.45) is 6.47. The van der Waals surface area contributed by atoms with Crippen molar-refractivity contribution in [3.63, 3.8) is 0 Å². The van der Waals surface area contributed by atoms with E-state index in [4.69, 9.17) is 5.10 Å². The molecule has 168 valence electrons. The van der Waals surface area contributed by atoms with Gasteiger partial charge in [-0.2, -0.15) is 5.10 Å². The standard InChI is InChI=1S/C25H36N4O2/c1-18-10-6-9-13-20(18)29-22(16-21(27-29)25(2,3)4)26-23(30)17-28(5)24(31)15-14-19-11-7-8-12-19/h6,9-10,13,16,19H,7-8,11-12,14-15,17H2,1-5H3,(H,26,30).